The second kappa shape index (κ2) is 7.73. The smallest absolute Gasteiger partial charge is 0.323 e. The molecule has 0 aliphatic rings. The van der Waals surface area contributed by atoms with Gasteiger partial charge in [0.1, 0.15) is 22.8 Å². The summed E-state index contributed by atoms with van der Waals surface area (Å²) in [6.07, 6.45) is 1.81. The highest BCUT2D eigenvalue weighted by Gasteiger charge is 2.26. The maximum absolute atomic E-state index is 10.9. The van der Waals surface area contributed by atoms with Crippen LogP contribution in [0.2, 0.25) is 0 Å². The van der Waals surface area contributed by atoms with Gasteiger partial charge in [-0.15, -0.1) is 0 Å². The zero-order valence-corrected chi connectivity index (χ0v) is 12.7. The molecule has 6 nitrogen and oxygen atoms in total. The second-order valence-electron chi connectivity index (χ2n) is 5.08. The number of rotatable bonds is 9. The van der Waals surface area contributed by atoms with Crippen LogP contribution in [0.3, 0.4) is 0 Å². The Hall–Kier alpha value is -1.95. The van der Waals surface area contributed by atoms with E-state index in [2.05, 4.69) is 0 Å². The third-order valence-corrected chi connectivity index (χ3v) is 3.17. The lowest BCUT2D eigenvalue weighted by Gasteiger charge is -2.18. The molecule has 118 valence electrons. The standard InChI is InChI=1S/C15H23NO5/c1-15(16,14(17)18)6-4-5-7-21-13-9-11(19-2)8-12(10-13)20-3/h8-10H,4-7,16H2,1-3H3,(H,17,18). The van der Waals surface area contributed by atoms with Crippen molar-refractivity contribution in [2.45, 2.75) is 31.7 Å². The maximum Gasteiger partial charge on any atom is 0.323 e. The third kappa shape index (κ3) is 5.51. The van der Waals surface area contributed by atoms with Gasteiger partial charge in [-0.2, -0.15) is 0 Å². The molecule has 0 spiro atoms. The maximum atomic E-state index is 10.9. The number of benzene rings is 1. The van der Waals surface area contributed by atoms with E-state index in [0.29, 0.717) is 36.7 Å². The number of carbonyl (C=O) groups is 1. The van der Waals surface area contributed by atoms with Gasteiger partial charge in [-0.25, -0.2) is 0 Å². The van der Waals surface area contributed by atoms with Crippen molar-refractivity contribution in [3.8, 4) is 17.2 Å². The van der Waals surface area contributed by atoms with Gasteiger partial charge in [0, 0.05) is 18.2 Å². The van der Waals surface area contributed by atoms with Crippen LogP contribution in [0.5, 0.6) is 17.2 Å². The number of methoxy groups -OCH3 is 2. The summed E-state index contributed by atoms with van der Waals surface area (Å²) in [6.45, 7) is 2.00. The summed E-state index contributed by atoms with van der Waals surface area (Å²) in [4.78, 5) is 10.9. The number of carboxylic acid groups (broad SMARTS) is 1. The molecule has 1 unspecified atom stereocenters. The molecular formula is C15H23NO5. The molecule has 0 saturated heterocycles. The molecule has 6 heteroatoms. The van der Waals surface area contributed by atoms with Crippen LogP contribution in [-0.2, 0) is 4.79 Å². The monoisotopic (exact) mass is 297 g/mol. The molecule has 0 heterocycles. The number of unbranched alkanes of at least 4 members (excludes halogenated alkanes) is 1. The molecule has 3 N–H and O–H groups in total. The number of aliphatic carboxylic acids is 1. The lowest BCUT2D eigenvalue weighted by Crippen LogP contribution is -2.44. The summed E-state index contributed by atoms with van der Waals surface area (Å²) < 4.78 is 15.9. The first kappa shape index (κ1) is 17.1. The predicted octanol–water partition coefficient (Wildman–Crippen LogP) is 2.05. The minimum atomic E-state index is -1.18. The van der Waals surface area contributed by atoms with Crippen LogP contribution in [0.15, 0.2) is 18.2 Å². The topological polar surface area (TPSA) is 91.0 Å². The van der Waals surface area contributed by atoms with Crippen molar-refractivity contribution < 1.29 is 24.1 Å². The summed E-state index contributed by atoms with van der Waals surface area (Å²) in [5, 5.41) is 8.91. The van der Waals surface area contributed by atoms with Crippen LogP contribution in [-0.4, -0.2) is 37.4 Å². The lowest BCUT2D eigenvalue weighted by molar-refractivity contribution is -0.142. The number of hydrogen-bond donors (Lipinski definition) is 2. The molecule has 1 aromatic carbocycles. The van der Waals surface area contributed by atoms with E-state index in [0.717, 1.165) is 6.42 Å². The van der Waals surface area contributed by atoms with Crippen LogP contribution in [0.1, 0.15) is 26.2 Å². The molecule has 0 bridgehead atoms. The molecule has 1 rings (SSSR count). The Morgan fingerprint density at radius 3 is 2.14 bits per heavy atom. The fourth-order valence-electron chi connectivity index (χ4n) is 1.76. The Bertz CT molecular complexity index is 451. The molecule has 0 aliphatic heterocycles. The summed E-state index contributed by atoms with van der Waals surface area (Å²) in [5.74, 6) is 0.982. The summed E-state index contributed by atoms with van der Waals surface area (Å²) in [6, 6.07) is 5.30. The third-order valence-electron chi connectivity index (χ3n) is 3.17. The van der Waals surface area contributed by atoms with Gasteiger partial charge < -0.3 is 25.1 Å². The van der Waals surface area contributed by atoms with Crippen LogP contribution in [0.25, 0.3) is 0 Å². The minimum Gasteiger partial charge on any atom is -0.496 e. The molecule has 1 atom stereocenters. The fourth-order valence-corrected chi connectivity index (χ4v) is 1.76. The van der Waals surface area contributed by atoms with Crippen molar-refractivity contribution in [2.75, 3.05) is 20.8 Å². The van der Waals surface area contributed by atoms with Crippen LogP contribution >= 0.6 is 0 Å². The molecule has 0 saturated carbocycles. The molecule has 1 aromatic rings. The van der Waals surface area contributed by atoms with Crippen LogP contribution < -0.4 is 19.9 Å². The first-order chi connectivity index (χ1) is 9.89. The van der Waals surface area contributed by atoms with Gasteiger partial charge in [0.15, 0.2) is 0 Å². The van der Waals surface area contributed by atoms with E-state index in [1.165, 1.54) is 6.92 Å². The van der Waals surface area contributed by atoms with E-state index in [1.807, 2.05) is 0 Å². The highest BCUT2D eigenvalue weighted by molar-refractivity contribution is 5.77. The molecule has 0 radical (unpaired) electrons. The normalized spacial score (nSPS) is 13.3. The van der Waals surface area contributed by atoms with Crippen molar-refractivity contribution in [3.05, 3.63) is 18.2 Å². The molecule has 0 fully saturated rings. The lowest BCUT2D eigenvalue weighted by atomic mass is 9.97. The summed E-state index contributed by atoms with van der Waals surface area (Å²) in [7, 11) is 3.15. The van der Waals surface area contributed by atoms with Crippen molar-refractivity contribution in [1.29, 1.82) is 0 Å². The van der Waals surface area contributed by atoms with Gasteiger partial charge in [-0.1, -0.05) is 0 Å². The Kier molecular flexibility index (Phi) is 6.30. The highest BCUT2D eigenvalue weighted by atomic mass is 16.5. The quantitative estimate of drug-likeness (QED) is 0.678. The Morgan fingerprint density at radius 1 is 1.14 bits per heavy atom. The fraction of sp³-hybridized carbons (Fsp3) is 0.533. The average molecular weight is 297 g/mol. The molecule has 0 amide bonds. The molecule has 0 aliphatic carbocycles. The number of hydrogen-bond acceptors (Lipinski definition) is 5. The summed E-state index contributed by atoms with van der Waals surface area (Å²) in [5.41, 5.74) is 4.47. The minimum absolute atomic E-state index is 0.410. The van der Waals surface area contributed by atoms with E-state index in [9.17, 15) is 4.79 Å². The van der Waals surface area contributed by atoms with Gasteiger partial charge >= 0.3 is 5.97 Å². The predicted molar refractivity (Wildman–Crippen MR) is 79.1 cm³/mol. The first-order valence-corrected chi connectivity index (χ1v) is 6.77. The zero-order chi connectivity index (χ0) is 15.9. The largest absolute Gasteiger partial charge is 0.496 e. The van der Waals surface area contributed by atoms with E-state index in [-0.39, 0.29) is 0 Å². The average Bonchev–Trinajstić information content (AvgIpc) is 2.46. The Labute approximate surface area is 124 Å². The number of nitrogens with two attached hydrogens (primary N) is 1. The second-order valence-corrected chi connectivity index (χ2v) is 5.08. The van der Waals surface area contributed by atoms with Crippen molar-refractivity contribution in [1.82, 2.24) is 0 Å². The Morgan fingerprint density at radius 2 is 1.67 bits per heavy atom. The van der Waals surface area contributed by atoms with Gasteiger partial charge in [0.05, 0.1) is 20.8 Å². The SMILES string of the molecule is COc1cc(OC)cc(OCCCCC(C)(N)C(=O)O)c1. The zero-order valence-electron chi connectivity index (χ0n) is 12.7. The highest BCUT2D eigenvalue weighted by Crippen LogP contribution is 2.27. The molecule has 0 aromatic heterocycles. The van der Waals surface area contributed by atoms with E-state index in [1.54, 1.807) is 32.4 Å². The van der Waals surface area contributed by atoms with E-state index < -0.39 is 11.5 Å². The summed E-state index contributed by atoms with van der Waals surface area (Å²) >= 11 is 0. The van der Waals surface area contributed by atoms with E-state index in [4.69, 9.17) is 25.1 Å². The van der Waals surface area contributed by atoms with Crippen LogP contribution in [0.4, 0.5) is 0 Å². The van der Waals surface area contributed by atoms with Gasteiger partial charge in [0.25, 0.3) is 0 Å². The first-order valence-electron chi connectivity index (χ1n) is 6.77. The van der Waals surface area contributed by atoms with Gasteiger partial charge in [0.2, 0.25) is 0 Å². The molecule has 21 heavy (non-hydrogen) atoms. The number of ether oxygens (including phenoxy) is 3. The van der Waals surface area contributed by atoms with Crippen molar-refractivity contribution in [2.24, 2.45) is 5.73 Å². The van der Waals surface area contributed by atoms with Crippen molar-refractivity contribution in [3.63, 3.8) is 0 Å². The van der Waals surface area contributed by atoms with E-state index >= 15 is 0 Å². The molecular weight excluding hydrogens is 274 g/mol. The van der Waals surface area contributed by atoms with Crippen LogP contribution in [0, 0.1) is 0 Å². The van der Waals surface area contributed by atoms with Crippen molar-refractivity contribution >= 4 is 5.97 Å². The van der Waals surface area contributed by atoms with Gasteiger partial charge in [-0.05, 0) is 26.2 Å². The Balaban J connectivity index is 2.41. The number of carboxylic acids is 1. The van der Waals surface area contributed by atoms with Gasteiger partial charge in [-0.3, -0.25) is 4.79 Å².